The minimum atomic E-state index is -3.67. The fraction of sp³-hybridized carbons (Fsp3) is 0.417. The van der Waals surface area contributed by atoms with E-state index in [2.05, 4.69) is 20.7 Å². The first-order valence-electron chi connectivity index (χ1n) is 5.91. The first-order valence-corrected chi connectivity index (χ1v) is 8.19. The van der Waals surface area contributed by atoms with E-state index in [0.29, 0.717) is 12.8 Å². The summed E-state index contributed by atoms with van der Waals surface area (Å²) < 4.78 is 32.3. The Balaban J connectivity index is 2.16. The molecule has 0 amide bonds. The van der Waals surface area contributed by atoms with Gasteiger partial charge in [0.1, 0.15) is 0 Å². The molecule has 1 aliphatic carbocycles. The molecule has 0 bridgehead atoms. The fourth-order valence-electron chi connectivity index (χ4n) is 1.99. The standard InChI is InChI=1S/C12H14BrNO5S/c1-19-9-5-8(6-9)14-20(17,18)11-3-2-7(12(15)16)4-10(11)13/h2-4,8-9,14H,5-6H2,1H3,(H,15,16). The second-order valence-corrected chi connectivity index (χ2v) is 7.13. The molecule has 1 fully saturated rings. The van der Waals surface area contributed by atoms with E-state index < -0.39 is 16.0 Å². The zero-order chi connectivity index (χ0) is 14.9. The highest BCUT2D eigenvalue weighted by Crippen LogP contribution is 2.27. The number of halogens is 1. The molecule has 8 heteroatoms. The molecule has 1 saturated carbocycles. The maximum Gasteiger partial charge on any atom is 0.335 e. The Morgan fingerprint density at radius 1 is 1.45 bits per heavy atom. The third kappa shape index (κ3) is 3.20. The lowest BCUT2D eigenvalue weighted by Gasteiger charge is -2.34. The van der Waals surface area contributed by atoms with Crippen LogP contribution in [0.1, 0.15) is 23.2 Å². The molecule has 110 valence electrons. The van der Waals surface area contributed by atoms with Gasteiger partial charge in [-0.15, -0.1) is 0 Å². The SMILES string of the molecule is COC1CC(NS(=O)(=O)c2ccc(C(=O)O)cc2Br)C1. The largest absolute Gasteiger partial charge is 0.478 e. The Hall–Kier alpha value is -0.960. The Bertz CT molecular complexity index is 625. The molecule has 0 unspecified atom stereocenters. The maximum absolute atomic E-state index is 12.2. The van der Waals surface area contributed by atoms with Crippen LogP contribution in [0.15, 0.2) is 27.6 Å². The summed E-state index contributed by atoms with van der Waals surface area (Å²) >= 11 is 3.10. The van der Waals surface area contributed by atoms with E-state index in [1.54, 1.807) is 7.11 Å². The van der Waals surface area contributed by atoms with Gasteiger partial charge in [-0.3, -0.25) is 0 Å². The van der Waals surface area contributed by atoms with Crippen molar-refractivity contribution in [2.75, 3.05) is 7.11 Å². The summed E-state index contributed by atoms with van der Waals surface area (Å²) in [7, 11) is -2.08. The molecule has 0 atom stereocenters. The number of carboxylic acids is 1. The Morgan fingerprint density at radius 3 is 2.60 bits per heavy atom. The van der Waals surface area contributed by atoms with Gasteiger partial charge in [0.05, 0.1) is 16.6 Å². The number of benzene rings is 1. The molecule has 0 radical (unpaired) electrons. The van der Waals surface area contributed by atoms with E-state index in [0.717, 1.165) is 0 Å². The van der Waals surface area contributed by atoms with E-state index in [9.17, 15) is 13.2 Å². The normalized spacial score (nSPS) is 22.3. The summed E-state index contributed by atoms with van der Waals surface area (Å²) in [6.45, 7) is 0. The summed E-state index contributed by atoms with van der Waals surface area (Å²) in [5, 5.41) is 8.85. The van der Waals surface area contributed by atoms with E-state index in [1.165, 1.54) is 18.2 Å². The number of nitrogens with one attached hydrogen (secondary N) is 1. The molecule has 1 aromatic carbocycles. The number of rotatable bonds is 5. The first kappa shape index (κ1) is 15.4. The van der Waals surface area contributed by atoms with E-state index in [1.807, 2.05) is 0 Å². The quantitative estimate of drug-likeness (QED) is 0.828. The van der Waals surface area contributed by atoms with Crippen LogP contribution in [0.4, 0.5) is 0 Å². The summed E-state index contributed by atoms with van der Waals surface area (Å²) in [6.07, 6.45) is 1.38. The molecule has 6 nitrogen and oxygen atoms in total. The summed E-state index contributed by atoms with van der Waals surface area (Å²) in [5.74, 6) is -1.11. The van der Waals surface area contributed by atoms with Crippen molar-refractivity contribution in [3.8, 4) is 0 Å². The molecule has 2 N–H and O–H groups in total. The lowest BCUT2D eigenvalue weighted by atomic mass is 9.90. The third-order valence-electron chi connectivity index (χ3n) is 3.22. The molecule has 0 aliphatic heterocycles. The average Bonchev–Trinajstić information content (AvgIpc) is 2.32. The zero-order valence-corrected chi connectivity index (χ0v) is 13.1. The Kier molecular flexibility index (Phi) is 4.48. The van der Waals surface area contributed by atoms with Gasteiger partial charge < -0.3 is 9.84 Å². The molecular weight excluding hydrogens is 350 g/mol. The van der Waals surface area contributed by atoms with Gasteiger partial charge in [0.25, 0.3) is 0 Å². The van der Waals surface area contributed by atoms with Gasteiger partial charge in [-0.2, -0.15) is 0 Å². The van der Waals surface area contributed by atoms with E-state index in [4.69, 9.17) is 9.84 Å². The Labute approximate surface area is 125 Å². The van der Waals surface area contributed by atoms with Crippen LogP contribution >= 0.6 is 15.9 Å². The highest BCUT2D eigenvalue weighted by atomic mass is 79.9. The molecule has 1 aromatic rings. The van der Waals surface area contributed by atoms with Gasteiger partial charge in [-0.1, -0.05) is 0 Å². The minimum Gasteiger partial charge on any atom is -0.478 e. The van der Waals surface area contributed by atoms with E-state index in [-0.39, 0.29) is 27.1 Å². The zero-order valence-electron chi connectivity index (χ0n) is 10.7. The number of hydrogen-bond acceptors (Lipinski definition) is 4. The molecule has 0 heterocycles. The maximum atomic E-state index is 12.2. The summed E-state index contributed by atoms with van der Waals surface area (Å²) in [6, 6.07) is 3.68. The van der Waals surface area contributed by atoms with E-state index >= 15 is 0 Å². The number of sulfonamides is 1. The lowest BCUT2D eigenvalue weighted by Crippen LogP contribution is -2.47. The van der Waals surface area contributed by atoms with Gasteiger partial charge in [0, 0.05) is 17.6 Å². The van der Waals surface area contributed by atoms with Crippen molar-refractivity contribution in [1.82, 2.24) is 4.72 Å². The van der Waals surface area contributed by atoms with Crippen molar-refractivity contribution >= 4 is 31.9 Å². The number of aromatic carboxylic acids is 1. The van der Waals surface area contributed by atoms with Crippen LogP contribution in [0, 0.1) is 0 Å². The van der Waals surface area contributed by atoms with Crippen molar-refractivity contribution in [1.29, 1.82) is 0 Å². The van der Waals surface area contributed by atoms with Crippen LogP contribution in [0.5, 0.6) is 0 Å². The molecular formula is C12H14BrNO5S. The number of ether oxygens (including phenoxy) is 1. The molecule has 0 aromatic heterocycles. The van der Waals surface area contributed by atoms with Crippen molar-refractivity contribution in [3.63, 3.8) is 0 Å². The minimum absolute atomic E-state index is 0.0268. The average molecular weight is 364 g/mol. The second kappa shape index (κ2) is 5.80. The molecule has 2 rings (SSSR count). The predicted molar refractivity (Wildman–Crippen MR) is 75.2 cm³/mol. The van der Waals surface area contributed by atoms with Crippen LogP contribution < -0.4 is 4.72 Å². The van der Waals surface area contributed by atoms with Gasteiger partial charge >= 0.3 is 5.97 Å². The highest BCUT2D eigenvalue weighted by Gasteiger charge is 2.33. The molecule has 0 spiro atoms. The summed E-state index contributed by atoms with van der Waals surface area (Å²) in [4.78, 5) is 10.8. The number of methoxy groups -OCH3 is 1. The van der Waals surface area contributed by atoms with Gasteiger partial charge in [0.15, 0.2) is 0 Å². The third-order valence-corrected chi connectivity index (χ3v) is 5.72. The Morgan fingerprint density at radius 2 is 2.10 bits per heavy atom. The van der Waals surface area contributed by atoms with Crippen molar-refractivity contribution in [3.05, 3.63) is 28.2 Å². The highest BCUT2D eigenvalue weighted by molar-refractivity contribution is 9.10. The molecule has 0 saturated heterocycles. The number of hydrogen-bond donors (Lipinski definition) is 2. The van der Waals surface area contributed by atoms with Crippen molar-refractivity contribution in [2.24, 2.45) is 0 Å². The van der Waals surface area contributed by atoms with Crippen LogP contribution in [0.3, 0.4) is 0 Å². The molecule has 20 heavy (non-hydrogen) atoms. The topological polar surface area (TPSA) is 92.7 Å². The van der Waals surface area contributed by atoms with Crippen molar-refractivity contribution in [2.45, 2.75) is 29.9 Å². The first-order chi connectivity index (χ1) is 9.33. The van der Waals surface area contributed by atoms with Crippen molar-refractivity contribution < 1.29 is 23.1 Å². The number of carbonyl (C=O) groups is 1. The van der Waals surface area contributed by atoms with Crippen LogP contribution in [-0.2, 0) is 14.8 Å². The fourth-order valence-corrected chi connectivity index (χ4v) is 4.33. The van der Waals surface area contributed by atoms with Gasteiger partial charge in [-0.25, -0.2) is 17.9 Å². The van der Waals surface area contributed by atoms with Crippen LogP contribution in [-0.4, -0.2) is 38.7 Å². The smallest absolute Gasteiger partial charge is 0.335 e. The second-order valence-electron chi connectivity index (χ2n) is 4.60. The lowest BCUT2D eigenvalue weighted by molar-refractivity contribution is 0.0236. The van der Waals surface area contributed by atoms with Crippen LogP contribution in [0.25, 0.3) is 0 Å². The number of carboxylic acid groups (broad SMARTS) is 1. The van der Waals surface area contributed by atoms with Crippen LogP contribution in [0.2, 0.25) is 0 Å². The van der Waals surface area contributed by atoms with Gasteiger partial charge in [-0.05, 0) is 47.0 Å². The van der Waals surface area contributed by atoms with Gasteiger partial charge in [0.2, 0.25) is 10.0 Å². The molecule has 1 aliphatic rings. The predicted octanol–water partition coefficient (Wildman–Crippen LogP) is 1.60. The summed E-state index contributed by atoms with van der Waals surface area (Å²) in [5.41, 5.74) is 0.0268. The monoisotopic (exact) mass is 363 g/mol.